The Morgan fingerprint density at radius 2 is 0.100 bits per heavy atom. The fraction of sp³-hybridized carbons (Fsp3) is 0. The zero-order valence-electron chi connectivity index (χ0n) is 61.7. The molecule has 15 aromatic carbocycles. The molecule has 30 bridgehead atoms. The molecule has 0 spiro atoms. The van der Waals surface area contributed by atoms with Crippen LogP contribution in [0.1, 0.15) is 0 Å². The van der Waals surface area contributed by atoms with Crippen LogP contribution >= 0.6 is 0 Å². The van der Waals surface area contributed by atoms with Crippen LogP contribution in [0, 0.1) is 233 Å². The standard InChI is InChI=1S/C90H20F40/c91-51-31-21-1-2-22(4-3-21)32-53(93)73(113)43(74(114)54(32)94)44-77(117)57(97)34(58(98)78(44)118)24-9-11-26(12-10-24)36-61(101)81(121)47(82(122)62(36)102)48-85(125)65(105)38(66(106)86(48)126)28-17-19-30(20-18-28)40-69(109)89(129)50(90(130)70(40)110)49-87(127)67(107)39(68(108)88(49)128)29-15-13-27(14-16-29)37-63(103)83(123)46(84(124)64(37)104)45-79(119)59(99)35(60(100)80(45)120)25-7-5-23(6-8-25)33-55(95)75(115)42(76(116)56(33)96)41(71(51)111)72(112)52(31)92/h1-20H. The molecule has 0 saturated heterocycles. The molecular weight excluding hydrogens is 1840 g/mol. The Labute approximate surface area is 694 Å². The number of benzene rings is 15. The van der Waals surface area contributed by atoms with Gasteiger partial charge in [-0.25, -0.2) is 176 Å². The van der Waals surface area contributed by atoms with E-state index in [-0.39, 0.29) is 121 Å². The minimum Gasteiger partial charge on any atom is -0.203 e. The van der Waals surface area contributed by atoms with Crippen LogP contribution in [0.4, 0.5) is 176 Å². The molecule has 0 amide bonds. The molecule has 660 valence electrons. The summed E-state index contributed by atoms with van der Waals surface area (Å²) in [5, 5.41) is 0. The second-order valence-corrected chi connectivity index (χ2v) is 27.9. The lowest BCUT2D eigenvalue weighted by Crippen LogP contribution is -2.10. The molecule has 0 unspecified atom stereocenters. The highest BCUT2D eigenvalue weighted by Gasteiger charge is 2.43. The van der Waals surface area contributed by atoms with Gasteiger partial charge in [-0.2, -0.15) is 0 Å². The molecule has 0 nitrogen and oxygen atoms in total. The summed E-state index contributed by atoms with van der Waals surface area (Å²) in [6.45, 7) is 0. The van der Waals surface area contributed by atoms with Crippen molar-refractivity contribution < 1.29 is 176 Å². The quantitative estimate of drug-likeness (QED) is 0.105. The van der Waals surface area contributed by atoms with Gasteiger partial charge in [-0.1, -0.05) is 121 Å². The van der Waals surface area contributed by atoms with E-state index in [1.807, 2.05) is 0 Å². The van der Waals surface area contributed by atoms with Gasteiger partial charge in [0.05, 0.1) is 111 Å². The van der Waals surface area contributed by atoms with Crippen LogP contribution in [-0.4, -0.2) is 0 Å². The van der Waals surface area contributed by atoms with Crippen molar-refractivity contribution in [3.8, 4) is 167 Å². The molecule has 58 rings (SSSR count). The second kappa shape index (κ2) is 31.8. The summed E-state index contributed by atoms with van der Waals surface area (Å²) in [4.78, 5) is 0. The van der Waals surface area contributed by atoms with Crippen molar-refractivity contribution in [3.63, 3.8) is 0 Å². The molecule has 43 aliphatic carbocycles. The Bertz CT molecular complexity index is 5800. The van der Waals surface area contributed by atoms with Crippen LogP contribution in [0.2, 0.25) is 0 Å². The highest BCUT2D eigenvalue weighted by atomic mass is 19.2. The molecule has 15 aromatic rings. The molecule has 0 radical (unpaired) electrons. The molecular formula is C90H20F40. The maximum absolute atomic E-state index is 16.1. The van der Waals surface area contributed by atoms with Gasteiger partial charge in [0.15, 0.2) is 233 Å². The van der Waals surface area contributed by atoms with Gasteiger partial charge in [0.2, 0.25) is 0 Å². The SMILES string of the molecule is Fc1c(F)c2c(F)c(F)c1-c1ccc(cc1)-c1c(F)c(F)c(c(F)c1F)-c1c(F)c(F)c(c(F)c1F)-c1ccc(cc1)-c1c(F)c(F)c(c(F)c1F)-c1c(F)c(F)c(c(F)c1F)-c1ccc(cc1)-c1c(F)c(F)c(c(F)c1F)-c1c(F)c(F)c(c(F)c1F)-c1ccc(cc1)-c1c(F)c(F)c(c(F)c1F)-c1c(F)c(F)c(c(F)c1F)-c1ccc(cc1)-c1c(F)c(F)c-2c(F)c1F. The molecule has 0 aliphatic heterocycles. The Morgan fingerprint density at radius 1 is 0.0615 bits per heavy atom. The molecule has 0 N–H and O–H groups in total. The molecule has 0 fully saturated rings. The van der Waals surface area contributed by atoms with E-state index in [4.69, 9.17) is 0 Å². The van der Waals surface area contributed by atoms with E-state index in [0.717, 1.165) is 0 Å². The summed E-state index contributed by atoms with van der Waals surface area (Å²) in [5.74, 6) is -114. The van der Waals surface area contributed by atoms with Gasteiger partial charge >= 0.3 is 0 Å². The predicted octanol–water partition coefficient (Wildman–Crippen LogP) is 30.6. The van der Waals surface area contributed by atoms with Crippen LogP contribution in [0.5, 0.6) is 0 Å². The minimum absolute atomic E-state index is 0.217. The number of rotatable bonds is 0. The van der Waals surface area contributed by atoms with E-state index in [1.165, 1.54) is 0 Å². The third kappa shape index (κ3) is 12.8. The topological polar surface area (TPSA) is 0 Å². The van der Waals surface area contributed by atoms with Crippen molar-refractivity contribution in [2.45, 2.75) is 0 Å². The third-order valence-corrected chi connectivity index (χ3v) is 21.2. The van der Waals surface area contributed by atoms with Gasteiger partial charge in [0, 0.05) is 0 Å². The minimum atomic E-state index is -2.93. The highest BCUT2D eigenvalue weighted by molar-refractivity contribution is 5.87. The van der Waals surface area contributed by atoms with Crippen LogP contribution in [0.15, 0.2) is 121 Å². The smallest absolute Gasteiger partial charge is 0.170 e. The van der Waals surface area contributed by atoms with Crippen molar-refractivity contribution in [1.82, 2.24) is 0 Å². The first-order valence-electron chi connectivity index (χ1n) is 35.4. The van der Waals surface area contributed by atoms with Gasteiger partial charge < -0.3 is 0 Å². The molecule has 130 heavy (non-hydrogen) atoms. The largest absolute Gasteiger partial charge is 0.203 e. The normalized spacial score (nSPS) is 11.8. The summed E-state index contributed by atoms with van der Waals surface area (Å²) in [6, 6.07) is 4.34. The van der Waals surface area contributed by atoms with E-state index < -0.39 is 400 Å². The van der Waals surface area contributed by atoms with E-state index in [9.17, 15) is 0 Å². The number of hydrogen-bond donors (Lipinski definition) is 0. The Balaban J connectivity index is 0.813. The first kappa shape index (κ1) is 88.9. The Morgan fingerprint density at radius 3 is 0.146 bits per heavy atom. The molecule has 43 aliphatic rings. The summed E-state index contributed by atoms with van der Waals surface area (Å²) >= 11 is 0. The lowest BCUT2D eigenvalue weighted by molar-refractivity contribution is 0.445. The summed E-state index contributed by atoms with van der Waals surface area (Å²) in [6.07, 6.45) is 0. The van der Waals surface area contributed by atoms with Crippen molar-refractivity contribution >= 4 is 0 Å². The van der Waals surface area contributed by atoms with E-state index in [0.29, 0.717) is 0 Å². The predicted molar refractivity (Wildman–Crippen MR) is 380 cm³/mol. The van der Waals surface area contributed by atoms with Crippen molar-refractivity contribution in [2.24, 2.45) is 0 Å². The fourth-order valence-corrected chi connectivity index (χ4v) is 15.1. The highest BCUT2D eigenvalue weighted by Crippen LogP contribution is 2.52. The van der Waals surface area contributed by atoms with Crippen LogP contribution in [-0.2, 0) is 0 Å². The second-order valence-electron chi connectivity index (χ2n) is 27.9. The van der Waals surface area contributed by atoms with Crippen LogP contribution < -0.4 is 0 Å². The van der Waals surface area contributed by atoms with Crippen LogP contribution in [0.3, 0.4) is 0 Å². The lowest BCUT2D eigenvalue weighted by Gasteiger charge is -2.18. The van der Waals surface area contributed by atoms with Gasteiger partial charge in [-0.3, -0.25) is 0 Å². The Hall–Kier alpha value is -14.5. The summed E-state index contributed by atoms with van der Waals surface area (Å²) in [5.41, 5.74) is -58.0. The molecule has 0 atom stereocenters. The average molecular weight is 1860 g/mol. The average Bonchev–Trinajstić information content (AvgIpc) is 0.745. The number of hydrogen-bond acceptors (Lipinski definition) is 0. The zero-order valence-corrected chi connectivity index (χ0v) is 61.7. The van der Waals surface area contributed by atoms with Gasteiger partial charge in [0.25, 0.3) is 0 Å². The zero-order chi connectivity index (χ0) is 94.6. The molecule has 0 saturated carbocycles. The maximum atomic E-state index is 16.1. The summed E-state index contributed by atoms with van der Waals surface area (Å²) in [7, 11) is 0. The first-order valence-corrected chi connectivity index (χ1v) is 35.4. The monoisotopic (exact) mass is 1860 g/mol. The fourth-order valence-electron chi connectivity index (χ4n) is 15.1. The Kier molecular flexibility index (Phi) is 21.7. The van der Waals surface area contributed by atoms with Crippen LogP contribution in [0.25, 0.3) is 167 Å². The first-order chi connectivity index (χ1) is 61.3. The van der Waals surface area contributed by atoms with Crippen molar-refractivity contribution in [3.05, 3.63) is 354 Å². The van der Waals surface area contributed by atoms with Gasteiger partial charge in [-0.15, -0.1) is 0 Å². The van der Waals surface area contributed by atoms with Crippen molar-refractivity contribution in [2.75, 3.05) is 0 Å². The molecule has 0 heterocycles. The van der Waals surface area contributed by atoms with E-state index in [2.05, 4.69) is 0 Å². The number of halogens is 40. The van der Waals surface area contributed by atoms with E-state index in [1.54, 1.807) is 0 Å². The van der Waals surface area contributed by atoms with Crippen molar-refractivity contribution in [1.29, 1.82) is 0 Å². The molecule has 40 heteroatoms. The summed E-state index contributed by atoms with van der Waals surface area (Å²) < 4.78 is 644. The molecule has 0 aromatic heterocycles. The van der Waals surface area contributed by atoms with Gasteiger partial charge in [-0.05, 0) is 55.6 Å². The van der Waals surface area contributed by atoms with Gasteiger partial charge in [0.1, 0.15) is 0 Å². The lowest BCUT2D eigenvalue weighted by atomic mass is 9.91. The third-order valence-electron chi connectivity index (χ3n) is 21.2. The van der Waals surface area contributed by atoms with E-state index >= 15 is 176 Å². The maximum Gasteiger partial charge on any atom is 0.170 e.